The Morgan fingerprint density at radius 3 is 1.54 bits per heavy atom. The van der Waals surface area contributed by atoms with Crippen molar-refractivity contribution in [1.29, 1.82) is 0 Å². The van der Waals surface area contributed by atoms with E-state index in [9.17, 15) is 0 Å². The first-order chi connectivity index (χ1) is 12.2. The zero-order chi connectivity index (χ0) is 19.2. The fourth-order valence-electron chi connectivity index (χ4n) is 3.15. The van der Waals surface area contributed by atoms with Gasteiger partial charge in [-0.2, -0.15) is 0 Å². The monoisotopic (exact) mass is 373 g/mol. The van der Waals surface area contributed by atoms with E-state index in [1.165, 1.54) is 42.6 Å². The molecule has 5 heteroatoms. The zero-order valence-electron chi connectivity index (χ0n) is 15.7. The van der Waals surface area contributed by atoms with Crippen LogP contribution in [0.1, 0.15) is 24.0 Å². The average molecular weight is 374 g/mol. The minimum atomic E-state index is -3.92. The molecule has 3 rings (SSSR count). The van der Waals surface area contributed by atoms with Gasteiger partial charge in [-0.3, -0.25) is 0 Å². The van der Waals surface area contributed by atoms with E-state index in [2.05, 4.69) is 74.8 Å². The summed E-state index contributed by atoms with van der Waals surface area (Å²) >= 11 is 0. The summed E-state index contributed by atoms with van der Waals surface area (Å²) in [5, 5.41) is 0. The summed E-state index contributed by atoms with van der Waals surface area (Å²) in [5.74, 6) is 0. The highest BCUT2D eigenvalue weighted by atomic mass is 32.2. The SMILES string of the molecule is CS(=O)(=O)[O-].C[N+]1(C)CCC(=C(c2ccccc2)c2ccccc2)CC1. The van der Waals surface area contributed by atoms with Crippen LogP contribution in [0.25, 0.3) is 5.57 Å². The normalized spacial score (nSPS) is 16.4. The van der Waals surface area contributed by atoms with E-state index in [0.717, 1.165) is 4.48 Å². The molecule has 0 spiro atoms. The van der Waals surface area contributed by atoms with Crippen molar-refractivity contribution in [3.8, 4) is 0 Å². The number of benzene rings is 2. The fraction of sp³-hybridized carbons (Fsp3) is 0.333. The van der Waals surface area contributed by atoms with E-state index in [1.54, 1.807) is 5.57 Å². The van der Waals surface area contributed by atoms with Gasteiger partial charge in [0.2, 0.25) is 0 Å². The van der Waals surface area contributed by atoms with Crippen LogP contribution in [-0.2, 0) is 10.1 Å². The molecule has 1 fully saturated rings. The largest absolute Gasteiger partial charge is 0.748 e. The molecule has 1 saturated heterocycles. The lowest BCUT2D eigenvalue weighted by atomic mass is 9.88. The van der Waals surface area contributed by atoms with Gasteiger partial charge in [0.25, 0.3) is 0 Å². The molecule has 0 amide bonds. The predicted molar refractivity (Wildman–Crippen MR) is 106 cm³/mol. The molecule has 0 N–H and O–H groups in total. The maximum atomic E-state index is 9.08. The highest BCUT2D eigenvalue weighted by molar-refractivity contribution is 7.84. The molecular weight excluding hydrogens is 346 g/mol. The fourth-order valence-corrected chi connectivity index (χ4v) is 3.15. The Morgan fingerprint density at radius 2 is 1.19 bits per heavy atom. The van der Waals surface area contributed by atoms with Crippen LogP contribution in [0, 0.1) is 0 Å². The molecule has 0 radical (unpaired) electrons. The van der Waals surface area contributed by atoms with Crippen molar-refractivity contribution in [2.75, 3.05) is 33.4 Å². The van der Waals surface area contributed by atoms with E-state index in [4.69, 9.17) is 13.0 Å². The Hall–Kier alpha value is -1.95. The van der Waals surface area contributed by atoms with Crippen molar-refractivity contribution < 1.29 is 17.5 Å². The van der Waals surface area contributed by atoms with Gasteiger partial charge >= 0.3 is 0 Å². The van der Waals surface area contributed by atoms with Gasteiger partial charge in [0, 0.05) is 19.1 Å². The first-order valence-electron chi connectivity index (χ1n) is 8.71. The number of nitrogens with zero attached hydrogens (tertiary/aromatic N) is 1. The van der Waals surface area contributed by atoms with Crippen LogP contribution in [0.5, 0.6) is 0 Å². The van der Waals surface area contributed by atoms with E-state index >= 15 is 0 Å². The molecule has 140 valence electrons. The Kier molecular flexibility index (Phi) is 6.75. The molecule has 1 aliphatic rings. The highest BCUT2D eigenvalue weighted by Gasteiger charge is 2.24. The van der Waals surface area contributed by atoms with Crippen molar-refractivity contribution in [3.63, 3.8) is 0 Å². The van der Waals surface area contributed by atoms with Crippen LogP contribution >= 0.6 is 0 Å². The number of piperidine rings is 1. The van der Waals surface area contributed by atoms with Crippen LogP contribution in [-0.4, -0.2) is 50.9 Å². The maximum Gasteiger partial charge on any atom is 0.0916 e. The van der Waals surface area contributed by atoms with Gasteiger partial charge in [0.05, 0.1) is 37.3 Å². The summed E-state index contributed by atoms with van der Waals surface area (Å²) in [5.41, 5.74) is 5.78. The van der Waals surface area contributed by atoms with Crippen molar-refractivity contribution in [2.45, 2.75) is 12.8 Å². The summed E-state index contributed by atoms with van der Waals surface area (Å²) in [6, 6.07) is 21.7. The quantitative estimate of drug-likeness (QED) is 0.598. The van der Waals surface area contributed by atoms with Crippen molar-refractivity contribution in [3.05, 3.63) is 77.4 Å². The second kappa shape index (κ2) is 8.62. The van der Waals surface area contributed by atoms with Crippen molar-refractivity contribution >= 4 is 15.7 Å². The molecule has 2 aromatic carbocycles. The molecule has 0 aromatic heterocycles. The van der Waals surface area contributed by atoms with Crippen molar-refractivity contribution in [1.82, 2.24) is 0 Å². The number of quaternary nitrogens is 1. The summed E-state index contributed by atoms with van der Waals surface area (Å²) in [4.78, 5) is 0. The standard InChI is InChI=1S/C20H24N.CH4O3S/c1-21(2)15-13-19(14-16-21)20(17-9-5-3-6-10-17)18-11-7-4-8-12-18;1-5(2,3)4/h3-12H,13-16H2,1-2H3;1H3,(H,2,3,4)/q+1;/p-1. The molecular formula is C21H27NO3S. The third kappa shape index (κ3) is 6.75. The minimum absolute atomic E-state index is 0.604. The molecule has 0 aliphatic carbocycles. The second-order valence-electron chi connectivity index (χ2n) is 7.30. The lowest BCUT2D eigenvalue weighted by molar-refractivity contribution is -0.892. The number of hydrogen-bond donors (Lipinski definition) is 0. The highest BCUT2D eigenvalue weighted by Crippen LogP contribution is 2.33. The minimum Gasteiger partial charge on any atom is -0.748 e. The third-order valence-electron chi connectivity index (χ3n) is 4.52. The van der Waals surface area contributed by atoms with Crippen LogP contribution < -0.4 is 0 Å². The Bertz CT molecular complexity index is 780. The van der Waals surface area contributed by atoms with Gasteiger partial charge in [-0.15, -0.1) is 0 Å². The molecule has 0 unspecified atom stereocenters. The molecule has 0 atom stereocenters. The van der Waals surface area contributed by atoms with Gasteiger partial charge in [-0.25, -0.2) is 8.42 Å². The second-order valence-corrected chi connectivity index (χ2v) is 8.71. The Morgan fingerprint density at radius 1 is 0.846 bits per heavy atom. The first kappa shape index (κ1) is 20.4. The van der Waals surface area contributed by atoms with Gasteiger partial charge in [0.1, 0.15) is 0 Å². The molecule has 26 heavy (non-hydrogen) atoms. The molecule has 0 saturated carbocycles. The summed E-state index contributed by atoms with van der Waals surface area (Å²) in [7, 11) is 0.753. The zero-order valence-corrected chi connectivity index (χ0v) is 16.5. The van der Waals surface area contributed by atoms with Crippen LogP contribution in [0.2, 0.25) is 0 Å². The molecule has 1 heterocycles. The topological polar surface area (TPSA) is 57.2 Å². The predicted octanol–water partition coefficient (Wildman–Crippen LogP) is 3.52. The van der Waals surface area contributed by atoms with Gasteiger partial charge < -0.3 is 9.04 Å². The van der Waals surface area contributed by atoms with Gasteiger partial charge in [-0.05, 0) is 16.7 Å². The van der Waals surface area contributed by atoms with Crippen LogP contribution in [0.15, 0.2) is 66.2 Å². The van der Waals surface area contributed by atoms with E-state index < -0.39 is 10.1 Å². The van der Waals surface area contributed by atoms with E-state index in [0.29, 0.717) is 6.26 Å². The molecule has 0 bridgehead atoms. The average Bonchev–Trinajstić information content (AvgIpc) is 2.57. The molecule has 4 nitrogen and oxygen atoms in total. The van der Waals surface area contributed by atoms with E-state index in [-0.39, 0.29) is 0 Å². The summed E-state index contributed by atoms with van der Waals surface area (Å²) < 4.78 is 28.4. The van der Waals surface area contributed by atoms with Gasteiger partial charge in [-0.1, -0.05) is 66.2 Å². The maximum absolute atomic E-state index is 9.08. The van der Waals surface area contributed by atoms with Crippen LogP contribution in [0.4, 0.5) is 0 Å². The number of hydrogen-bond acceptors (Lipinski definition) is 3. The van der Waals surface area contributed by atoms with Crippen LogP contribution in [0.3, 0.4) is 0 Å². The number of likely N-dealkylation sites (tertiary alicyclic amines) is 1. The number of rotatable bonds is 2. The lowest BCUT2D eigenvalue weighted by Gasteiger charge is -2.35. The third-order valence-corrected chi connectivity index (χ3v) is 4.52. The Balaban J connectivity index is 0.000000431. The van der Waals surface area contributed by atoms with Crippen molar-refractivity contribution in [2.24, 2.45) is 0 Å². The molecule has 2 aromatic rings. The summed E-state index contributed by atoms with van der Waals surface area (Å²) in [6.07, 6.45) is 3.01. The van der Waals surface area contributed by atoms with E-state index in [1.807, 2.05) is 0 Å². The Labute approximate surface area is 157 Å². The first-order valence-corrected chi connectivity index (χ1v) is 10.5. The van der Waals surface area contributed by atoms with Gasteiger partial charge in [0.15, 0.2) is 0 Å². The molecule has 1 aliphatic heterocycles. The summed E-state index contributed by atoms with van der Waals surface area (Å²) in [6.45, 7) is 2.47. The lowest BCUT2D eigenvalue weighted by Crippen LogP contribution is -2.44. The smallest absolute Gasteiger partial charge is 0.0916 e.